The van der Waals surface area contributed by atoms with E-state index in [-0.39, 0.29) is 0 Å². The summed E-state index contributed by atoms with van der Waals surface area (Å²) in [6.07, 6.45) is 1.87. The summed E-state index contributed by atoms with van der Waals surface area (Å²) in [5.74, 6) is 2.39. The van der Waals surface area contributed by atoms with Crippen LogP contribution in [0.1, 0.15) is 22.3 Å². The highest BCUT2D eigenvalue weighted by atomic mass is 16.5. The predicted octanol–water partition coefficient (Wildman–Crippen LogP) is 13.8. The van der Waals surface area contributed by atoms with E-state index in [1.54, 1.807) is 0 Å². The maximum absolute atomic E-state index is 6.71. The van der Waals surface area contributed by atoms with Crippen molar-refractivity contribution in [3.8, 4) is 78.8 Å². The Morgan fingerprint density at radius 2 is 0.850 bits per heavy atom. The highest BCUT2D eigenvalue weighted by Gasteiger charge is 2.52. The van der Waals surface area contributed by atoms with E-state index in [1.807, 2.05) is 24.4 Å². The Balaban J connectivity index is 1.15. The molecule has 2 aromatic heterocycles. The van der Waals surface area contributed by atoms with Crippen LogP contribution in [0.2, 0.25) is 0 Å². The van der Waals surface area contributed by atoms with Crippen LogP contribution in [0, 0.1) is 0 Å². The topological polar surface area (TPSA) is 47.9 Å². The Labute approximate surface area is 348 Å². The molecule has 60 heavy (non-hydrogen) atoms. The van der Waals surface area contributed by atoms with Crippen molar-refractivity contribution in [3.05, 3.63) is 235 Å². The number of fused-ring (bicyclic) bond motifs is 10. The zero-order valence-electron chi connectivity index (χ0n) is 32.5. The highest BCUT2D eigenvalue weighted by molar-refractivity contribution is 6.02. The first kappa shape index (κ1) is 34.1. The van der Waals surface area contributed by atoms with Crippen LogP contribution in [-0.2, 0) is 5.41 Å². The van der Waals surface area contributed by atoms with Crippen LogP contribution in [-0.4, -0.2) is 15.0 Å². The zero-order chi connectivity index (χ0) is 39.6. The fraction of sp³-hybridized carbons (Fsp3) is 0.0179. The summed E-state index contributed by atoms with van der Waals surface area (Å²) in [4.78, 5) is 15.6. The van der Waals surface area contributed by atoms with Crippen molar-refractivity contribution in [2.75, 3.05) is 0 Å². The summed E-state index contributed by atoms with van der Waals surface area (Å²) in [6.45, 7) is 0. The van der Waals surface area contributed by atoms with E-state index in [0.717, 1.165) is 89.4 Å². The average Bonchev–Trinajstić information content (AvgIpc) is 3.63. The molecule has 0 saturated carbocycles. The van der Waals surface area contributed by atoms with Crippen LogP contribution in [0.3, 0.4) is 0 Å². The number of nitrogens with zero attached hydrogens (tertiary/aromatic N) is 3. The van der Waals surface area contributed by atoms with Crippen molar-refractivity contribution in [2.24, 2.45) is 0 Å². The van der Waals surface area contributed by atoms with Gasteiger partial charge in [-0.05, 0) is 63.2 Å². The summed E-state index contributed by atoms with van der Waals surface area (Å²) >= 11 is 0. The maximum atomic E-state index is 6.71. The van der Waals surface area contributed by atoms with Crippen LogP contribution < -0.4 is 4.74 Å². The van der Waals surface area contributed by atoms with E-state index in [0.29, 0.717) is 5.82 Å². The minimum atomic E-state index is -0.671. The molecular formula is C56H35N3O. The van der Waals surface area contributed by atoms with Gasteiger partial charge < -0.3 is 4.74 Å². The van der Waals surface area contributed by atoms with Gasteiger partial charge in [-0.1, -0.05) is 182 Å². The van der Waals surface area contributed by atoms with Crippen molar-refractivity contribution in [1.29, 1.82) is 0 Å². The second-order valence-corrected chi connectivity index (χ2v) is 15.5. The van der Waals surface area contributed by atoms with Gasteiger partial charge in [-0.15, -0.1) is 0 Å². The summed E-state index contributed by atoms with van der Waals surface area (Å²) < 4.78 is 6.71. The molecule has 0 saturated heterocycles. The third-order valence-corrected chi connectivity index (χ3v) is 12.2. The largest absolute Gasteiger partial charge is 0.457 e. The van der Waals surface area contributed by atoms with Crippen molar-refractivity contribution < 1.29 is 4.74 Å². The average molecular weight is 766 g/mol. The second-order valence-electron chi connectivity index (χ2n) is 15.5. The van der Waals surface area contributed by atoms with E-state index in [4.69, 9.17) is 19.7 Å². The van der Waals surface area contributed by atoms with Crippen LogP contribution in [0.15, 0.2) is 212 Å². The van der Waals surface area contributed by atoms with Gasteiger partial charge in [-0.3, -0.25) is 4.98 Å². The van der Waals surface area contributed by atoms with Crippen molar-refractivity contribution >= 4 is 10.9 Å². The van der Waals surface area contributed by atoms with Crippen molar-refractivity contribution in [3.63, 3.8) is 0 Å². The molecule has 0 fully saturated rings. The lowest BCUT2D eigenvalue weighted by Gasteiger charge is -2.39. The Kier molecular flexibility index (Phi) is 7.72. The SMILES string of the molecule is c1ccc(-c2cc(-c3ccccc3)nc(-c3cccc4c3-c3c(-c5ccc(-c6cccc7cccnc67)cc5)cccc3C43c4ccccc4Oc4ccccc43)n2)cc1. The Bertz CT molecular complexity index is 3180. The van der Waals surface area contributed by atoms with E-state index >= 15 is 0 Å². The van der Waals surface area contributed by atoms with Gasteiger partial charge in [0.2, 0.25) is 0 Å². The van der Waals surface area contributed by atoms with Crippen molar-refractivity contribution in [1.82, 2.24) is 15.0 Å². The second kappa shape index (κ2) is 13.6. The molecular weight excluding hydrogens is 731 g/mol. The molecule has 1 aliphatic heterocycles. The molecule has 0 unspecified atom stereocenters. The molecule has 12 rings (SSSR count). The fourth-order valence-corrected chi connectivity index (χ4v) is 9.66. The minimum Gasteiger partial charge on any atom is -0.457 e. The summed E-state index contributed by atoms with van der Waals surface area (Å²) in [5, 5.41) is 1.13. The molecule has 1 spiro atoms. The lowest BCUT2D eigenvalue weighted by Crippen LogP contribution is -2.32. The molecule has 3 heterocycles. The van der Waals surface area contributed by atoms with Gasteiger partial charge in [0.25, 0.3) is 0 Å². The van der Waals surface area contributed by atoms with Gasteiger partial charge in [-0.25, -0.2) is 9.97 Å². The first-order valence-corrected chi connectivity index (χ1v) is 20.3. The molecule has 8 aromatic carbocycles. The van der Waals surface area contributed by atoms with Crippen molar-refractivity contribution in [2.45, 2.75) is 5.41 Å². The van der Waals surface area contributed by atoms with E-state index in [1.165, 1.54) is 16.7 Å². The molecule has 0 radical (unpaired) electrons. The van der Waals surface area contributed by atoms with Gasteiger partial charge in [0.15, 0.2) is 5.82 Å². The molecule has 4 nitrogen and oxygen atoms in total. The minimum absolute atomic E-state index is 0.671. The van der Waals surface area contributed by atoms with E-state index < -0.39 is 5.41 Å². The monoisotopic (exact) mass is 765 g/mol. The predicted molar refractivity (Wildman–Crippen MR) is 242 cm³/mol. The van der Waals surface area contributed by atoms with E-state index in [9.17, 15) is 0 Å². The van der Waals surface area contributed by atoms with Crippen LogP contribution in [0.5, 0.6) is 11.5 Å². The number of aromatic nitrogens is 3. The standard InChI is InChI=1S/C56H35N3O/c1-3-15-38(16-4-1)48-35-49(39-17-5-2-6-18-39)59-55(58-48)43-23-13-27-47-53(43)52-41(36-30-32-37(33-31-36)42-22-11-19-40-20-14-34-57-54(40)42)21-12-26-46(52)56(47)44-24-7-9-28-50(44)60-51-29-10-8-25-45(51)56/h1-35H. The van der Waals surface area contributed by atoms with Gasteiger partial charge in [0.05, 0.1) is 22.3 Å². The Morgan fingerprint density at radius 1 is 0.367 bits per heavy atom. The molecule has 0 amide bonds. The quantitative estimate of drug-likeness (QED) is 0.175. The lowest BCUT2D eigenvalue weighted by molar-refractivity contribution is 0.436. The van der Waals surface area contributed by atoms with Crippen LogP contribution >= 0.6 is 0 Å². The number of rotatable bonds is 5. The molecule has 280 valence electrons. The van der Waals surface area contributed by atoms with Gasteiger partial charge in [0.1, 0.15) is 11.5 Å². The summed E-state index contributed by atoms with van der Waals surface area (Å²) in [6, 6.07) is 72.9. The number of para-hydroxylation sites is 3. The third kappa shape index (κ3) is 5.14. The Hall–Kier alpha value is -7.95. The number of benzene rings is 8. The Morgan fingerprint density at radius 3 is 1.48 bits per heavy atom. The van der Waals surface area contributed by atoms with Crippen LogP contribution in [0.4, 0.5) is 0 Å². The molecule has 4 heteroatoms. The third-order valence-electron chi connectivity index (χ3n) is 12.2. The highest BCUT2D eigenvalue weighted by Crippen LogP contribution is 2.64. The number of pyridine rings is 1. The number of hydrogen-bond acceptors (Lipinski definition) is 4. The lowest BCUT2D eigenvalue weighted by atomic mass is 9.66. The number of hydrogen-bond donors (Lipinski definition) is 0. The van der Waals surface area contributed by atoms with Gasteiger partial charge in [0, 0.05) is 45.0 Å². The maximum Gasteiger partial charge on any atom is 0.161 e. The first-order valence-electron chi connectivity index (χ1n) is 20.3. The smallest absolute Gasteiger partial charge is 0.161 e. The molecule has 0 N–H and O–H groups in total. The molecule has 0 atom stereocenters. The molecule has 2 aliphatic rings. The normalized spacial score (nSPS) is 12.9. The zero-order valence-corrected chi connectivity index (χ0v) is 32.5. The van der Waals surface area contributed by atoms with E-state index in [2.05, 4.69) is 188 Å². The first-order chi connectivity index (χ1) is 29.8. The summed E-state index contributed by atoms with van der Waals surface area (Å²) in [7, 11) is 0. The summed E-state index contributed by atoms with van der Waals surface area (Å²) in [5.41, 5.74) is 16.5. The molecule has 1 aliphatic carbocycles. The van der Waals surface area contributed by atoms with Crippen LogP contribution in [0.25, 0.3) is 78.2 Å². The molecule has 0 bridgehead atoms. The molecule has 10 aromatic rings. The fourth-order valence-electron chi connectivity index (χ4n) is 9.66. The van der Waals surface area contributed by atoms with Gasteiger partial charge in [-0.2, -0.15) is 0 Å². The number of ether oxygens (including phenoxy) is 1. The van der Waals surface area contributed by atoms with Gasteiger partial charge >= 0.3 is 0 Å².